The van der Waals surface area contributed by atoms with Gasteiger partial charge >= 0.3 is 5.97 Å². The number of fused-ring (bicyclic) bond motifs is 3. The number of carbonyl (C=O) groups is 5. The van der Waals surface area contributed by atoms with Crippen LogP contribution in [-0.4, -0.2) is 121 Å². The summed E-state index contributed by atoms with van der Waals surface area (Å²) in [5.74, 6) is -7.75. The summed E-state index contributed by atoms with van der Waals surface area (Å²) in [4.78, 5) is 70.9. The van der Waals surface area contributed by atoms with Crippen molar-refractivity contribution < 1.29 is 57.2 Å². The zero-order valence-electron chi connectivity index (χ0n) is 39.0. The van der Waals surface area contributed by atoms with Crippen LogP contribution in [0.4, 0.5) is 4.39 Å². The molecule has 2 saturated heterocycles. The molecule has 14 heteroatoms. The molecule has 2 amide bonds. The van der Waals surface area contributed by atoms with Crippen LogP contribution in [0.1, 0.15) is 125 Å². The zero-order chi connectivity index (χ0) is 46.2. The highest BCUT2D eigenvalue weighted by Gasteiger charge is 2.57. The first kappa shape index (κ1) is 50.7. The standard InChI is InChI=1S/C49H75FN2O11/c1-10-22-61-39-27-33(16-19-36(39)51-46(55)35-17-18-35)23-31(6)43-28(3)15-20-38(53)34(11-2)24-29(4)42(50)30(5)25-40(59-8)44-41(60-9)26-32(7)49(58,63-44)45(54)47(56)52-21-13-12-14-37(52)48(57)62-43/h10,23-24,28,30,32-37,39-44,58H,1,11-22,25-27H2,2-9H3,(H,51,55). The number of esters is 1. The third kappa shape index (κ3) is 12.3. The van der Waals surface area contributed by atoms with E-state index in [4.69, 9.17) is 23.7 Å². The maximum absolute atomic E-state index is 16.3. The Kier molecular flexibility index (Phi) is 18.3. The molecule has 3 heterocycles. The molecule has 63 heavy (non-hydrogen) atoms. The minimum atomic E-state index is -2.58. The van der Waals surface area contributed by atoms with Gasteiger partial charge in [0.05, 0.1) is 31.0 Å². The van der Waals surface area contributed by atoms with Gasteiger partial charge in [-0.05, 0) is 120 Å². The number of methoxy groups -OCH3 is 2. The first-order valence-electron chi connectivity index (χ1n) is 23.6. The van der Waals surface area contributed by atoms with E-state index in [1.54, 1.807) is 32.9 Å². The summed E-state index contributed by atoms with van der Waals surface area (Å²) < 4.78 is 46.7. The van der Waals surface area contributed by atoms with Gasteiger partial charge in [-0.15, -0.1) is 6.58 Å². The lowest BCUT2D eigenvalue weighted by Gasteiger charge is -2.47. The predicted molar refractivity (Wildman–Crippen MR) is 235 cm³/mol. The molecule has 13 nitrogen and oxygen atoms in total. The average molecular weight is 887 g/mol. The molecule has 5 rings (SSSR count). The normalized spacial score (nSPS) is 38.4. The molecule has 0 radical (unpaired) electrons. The molecule has 0 aromatic rings. The van der Waals surface area contributed by atoms with E-state index in [2.05, 4.69) is 18.0 Å². The molecule has 3 aliphatic heterocycles. The molecule has 0 aromatic carbocycles. The Morgan fingerprint density at radius 3 is 2.33 bits per heavy atom. The Morgan fingerprint density at radius 1 is 0.984 bits per heavy atom. The fraction of sp³-hybridized carbons (Fsp3) is 0.776. The Hall–Kier alpha value is -3.30. The van der Waals surface area contributed by atoms with Crippen molar-refractivity contribution in [2.75, 3.05) is 27.4 Å². The number of piperidine rings is 1. The van der Waals surface area contributed by atoms with Crippen LogP contribution in [0.5, 0.6) is 0 Å². The van der Waals surface area contributed by atoms with Crippen molar-refractivity contribution in [2.24, 2.45) is 35.5 Å². The number of nitrogens with one attached hydrogen (secondary N) is 1. The summed E-state index contributed by atoms with van der Waals surface area (Å²) in [7, 11) is 2.92. The van der Waals surface area contributed by atoms with Gasteiger partial charge in [0, 0.05) is 44.9 Å². The summed E-state index contributed by atoms with van der Waals surface area (Å²) in [6.07, 6.45) is 7.07. The zero-order valence-corrected chi connectivity index (χ0v) is 39.0. The highest BCUT2D eigenvalue weighted by Crippen LogP contribution is 2.40. The Balaban J connectivity index is 1.49. The number of hydrogen-bond acceptors (Lipinski definition) is 11. The molecule has 0 aromatic heterocycles. The molecule has 4 fully saturated rings. The minimum Gasteiger partial charge on any atom is -0.456 e. The Labute approximate surface area is 374 Å². The van der Waals surface area contributed by atoms with Crippen molar-refractivity contribution in [1.29, 1.82) is 0 Å². The van der Waals surface area contributed by atoms with Crippen LogP contribution in [0.25, 0.3) is 0 Å². The van der Waals surface area contributed by atoms with Crippen LogP contribution in [-0.2, 0) is 47.7 Å². The molecular formula is C49H75FN2O11. The number of alkyl halides is 1. The predicted octanol–water partition coefficient (Wildman–Crippen LogP) is 6.54. The number of nitrogens with zero attached hydrogens (tertiary/aromatic N) is 1. The summed E-state index contributed by atoms with van der Waals surface area (Å²) in [5.41, 5.74) is 1.19. The molecule has 14 unspecified atom stereocenters. The van der Waals surface area contributed by atoms with Crippen molar-refractivity contribution in [1.82, 2.24) is 10.2 Å². The molecule has 2 aliphatic carbocycles. The highest BCUT2D eigenvalue weighted by molar-refractivity contribution is 6.39. The number of aliphatic hydroxyl groups is 1. The van der Waals surface area contributed by atoms with Crippen LogP contribution in [0.3, 0.4) is 0 Å². The number of hydrogen-bond donors (Lipinski definition) is 2. The van der Waals surface area contributed by atoms with E-state index in [0.29, 0.717) is 50.7 Å². The summed E-state index contributed by atoms with van der Waals surface area (Å²) in [6, 6.07) is -1.24. The van der Waals surface area contributed by atoms with Crippen LogP contribution in [0, 0.1) is 35.5 Å². The third-order valence-electron chi connectivity index (χ3n) is 14.4. The molecular weight excluding hydrogens is 812 g/mol. The fourth-order valence-corrected chi connectivity index (χ4v) is 10.2. The maximum atomic E-state index is 16.3. The number of Topliss-reactive ketones (excluding diaryl/α,β-unsaturated/α-hetero) is 2. The van der Waals surface area contributed by atoms with E-state index in [0.717, 1.165) is 24.8 Å². The second kappa shape index (κ2) is 22.7. The van der Waals surface area contributed by atoms with Crippen LogP contribution < -0.4 is 5.32 Å². The van der Waals surface area contributed by atoms with E-state index < -0.39 is 77.8 Å². The van der Waals surface area contributed by atoms with Crippen molar-refractivity contribution in [2.45, 2.75) is 180 Å². The minimum absolute atomic E-state index is 0.0306. The van der Waals surface area contributed by atoms with Gasteiger partial charge < -0.3 is 39.0 Å². The number of ether oxygens (including phenoxy) is 5. The molecule has 2 N–H and O–H groups in total. The number of amides is 2. The topological polar surface area (TPSA) is 167 Å². The first-order valence-corrected chi connectivity index (χ1v) is 23.6. The van der Waals surface area contributed by atoms with Crippen molar-refractivity contribution in [3.8, 4) is 0 Å². The number of cyclic esters (lactones) is 1. The SMILES string of the molecule is C=CCOC1CC(C=C(C)C2OC(=O)C3CCCCN3C(=O)C(=O)C3(O)OC(C(OC)CC(C)C(F)C(C)=CC(CC)C(=O)CCC2C)C(OC)CC3C)CCC1NC(=O)C1CC1. The summed E-state index contributed by atoms with van der Waals surface area (Å²) in [5, 5.41) is 15.3. The summed E-state index contributed by atoms with van der Waals surface area (Å²) >= 11 is 0. The van der Waals surface area contributed by atoms with Crippen molar-refractivity contribution in [3.05, 3.63) is 36.0 Å². The van der Waals surface area contributed by atoms with Crippen LogP contribution >= 0.6 is 0 Å². The van der Waals surface area contributed by atoms with E-state index in [1.165, 1.54) is 19.1 Å². The van der Waals surface area contributed by atoms with Crippen LogP contribution in [0.2, 0.25) is 0 Å². The van der Waals surface area contributed by atoms with E-state index >= 15 is 4.39 Å². The summed E-state index contributed by atoms with van der Waals surface area (Å²) in [6.45, 7) is 15.0. The monoisotopic (exact) mass is 887 g/mol. The largest absolute Gasteiger partial charge is 0.456 e. The molecule has 2 saturated carbocycles. The number of rotatable bonds is 10. The number of allylic oxidation sites excluding steroid dienone is 3. The Bertz CT molecular complexity index is 1700. The molecule has 2 bridgehead atoms. The lowest BCUT2D eigenvalue weighted by molar-refractivity contribution is -0.302. The molecule has 0 spiro atoms. The van der Waals surface area contributed by atoms with E-state index in [1.807, 2.05) is 20.8 Å². The Morgan fingerprint density at radius 2 is 1.68 bits per heavy atom. The van der Waals surface area contributed by atoms with Crippen molar-refractivity contribution >= 4 is 29.4 Å². The number of carbonyl (C=O) groups excluding carboxylic acids is 5. The first-order chi connectivity index (χ1) is 30.0. The van der Waals surface area contributed by atoms with Gasteiger partial charge in [-0.2, -0.15) is 0 Å². The third-order valence-corrected chi connectivity index (χ3v) is 14.4. The molecule has 5 aliphatic rings. The number of halogens is 1. The smallest absolute Gasteiger partial charge is 0.329 e. The van der Waals surface area contributed by atoms with Gasteiger partial charge in [0.2, 0.25) is 11.7 Å². The quantitative estimate of drug-likeness (QED) is 0.139. The fourth-order valence-electron chi connectivity index (χ4n) is 10.2. The lowest BCUT2D eigenvalue weighted by Crippen LogP contribution is -2.64. The van der Waals surface area contributed by atoms with Gasteiger partial charge in [-0.1, -0.05) is 45.9 Å². The second-order valence-electron chi connectivity index (χ2n) is 19.2. The number of ketones is 2. The van der Waals surface area contributed by atoms with Gasteiger partial charge in [0.25, 0.3) is 11.7 Å². The maximum Gasteiger partial charge on any atom is 0.329 e. The van der Waals surface area contributed by atoms with Gasteiger partial charge in [-0.3, -0.25) is 19.2 Å². The lowest BCUT2D eigenvalue weighted by atomic mass is 9.81. The van der Waals surface area contributed by atoms with Crippen molar-refractivity contribution in [3.63, 3.8) is 0 Å². The van der Waals surface area contributed by atoms with E-state index in [-0.39, 0.29) is 73.8 Å². The average Bonchev–Trinajstić information content (AvgIpc) is 4.14. The molecule has 14 atom stereocenters. The highest BCUT2D eigenvalue weighted by atomic mass is 19.1. The van der Waals surface area contributed by atoms with E-state index in [9.17, 15) is 29.1 Å². The van der Waals surface area contributed by atoms with Crippen LogP contribution in [0.15, 0.2) is 36.0 Å². The van der Waals surface area contributed by atoms with Gasteiger partial charge in [0.15, 0.2) is 0 Å². The van der Waals surface area contributed by atoms with Gasteiger partial charge in [-0.25, -0.2) is 9.18 Å². The van der Waals surface area contributed by atoms with Gasteiger partial charge in [0.1, 0.15) is 30.2 Å². The second-order valence-corrected chi connectivity index (χ2v) is 19.2. The molecule has 354 valence electrons.